The van der Waals surface area contributed by atoms with Gasteiger partial charge in [-0.1, -0.05) is 109 Å². The first-order chi connectivity index (χ1) is 20.7. The van der Waals surface area contributed by atoms with Crippen molar-refractivity contribution in [3.05, 3.63) is 144 Å². The van der Waals surface area contributed by atoms with E-state index in [1.54, 1.807) is 31.4 Å². The van der Waals surface area contributed by atoms with Crippen LogP contribution in [0.25, 0.3) is 0 Å². The Labute approximate surface area is 246 Å². The molecule has 5 atom stereocenters. The van der Waals surface area contributed by atoms with Crippen molar-refractivity contribution in [3.8, 4) is 0 Å². The minimum Gasteiger partial charge on any atom is -0.459 e. The molecule has 0 unspecified atom stereocenters. The molecular formula is C35H36O7. The van der Waals surface area contributed by atoms with E-state index in [9.17, 15) is 4.79 Å². The van der Waals surface area contributed by atoms with E-state index < -0.39 is 36.7 Å². The van der Waals surface area contributed by atoms with Crippen molar-refractivity contribution in [1.29, 1.82) is 0 Å². The molecule has 4 aromatic carbocycles. The zero-order chi connectivity index (χ0) is 29.0. The first-order valence-electron chi connectivity index (χ1n) is 14.1. The van der Waals surface area contributed by atoms with Crippen molar-refractivity contribution in [2.24, 2.45) is 0 Å². The number of methoxy groups -OCH3 is 1. The van der Waals surface area contributed by atoms with Crippen molar-refractivity contribution in [2.75, 3.05) is 13.7 Å². The third-order valence-electron chi connectivity index (χ3n) is 7.07. The SMILES string of the molecule is CO[C@H]1O[C@H](C[17O]C(=O)c2ccccc2)[C@@H](OCc2ccccc2)[C@H](OCc2ccccc2)[C@H]1OCc1ccccc1. The first-order valence-corrected chi connectivity index (χ1v) is 14.1. The van der Waals surface area contributed by atoms with E-state index in [0.29, 0.717) is 25.4 Å². The second-order valence-electron chi connectivity index (χ2n) is 10.0. The molecule has 0 aromatic heterocycles. The Hall–Kier alpha value is -3.85. The predicted molar refractivity (Wildman–Crippen MR) is 157 cm³/mol. The Balaban J connectivity index is 1.40. The fraction of sp³-hybridized carbons (Fsp3) is 0.286. The van der Waals surface area contributed by atoms with Crippen LogP contribution in [0.2, 0.25) is 0 Å². The van der Waals surface area contributed by atoms with Gasteiger partial charge in [-0.25, -0.2) is 4.79 Å². The highest BCUT2D eigenvalue weighted by Crippen LogP contribution is 2.31. The Morgan fingerprint density at radius 2 is 1.05 bits per heavy atom. The molecule has 0 aliphatic carbocycles. The molecule has 0 bridgehead atoms. The number of hydrogen-bond donors (Lipinski definition) is 0. The number of hydrogen-bond acceptors (Lipinski definition) is 7. The molecule has 218 valence electrons. The zero-order valence-corrected chi connectivity index (χ0v) is 23.6. The highest BCUT2D eigenvalue weighted by molar-refractivity contribution is 5.89. The highest BCUT2D eigenvalue weighted by atomic mass is 17.4. The molecule has 1 aliphatic rings. The summed E-state index contributed by atoms with van der Waals surface area (Å²) >= 11 is 0. The summed E-state index contributed by atoms with van der Waals surface area (Å²) < 4.78 is 37.4. The number of carbonyl (C=O) groups is 1. The van der Waals surface area contributed by atoms with Gasteiger partial charge in [-0.15, -0.1) is 0 Å². The second kappa shape index (κ2) is 15.4. The molecule has 1 aliphatic heterocycles. The molecule has 1 saturated heterocycles. The molecule has 0 saturated carbocycles. The molecule has 0 amide bonds. The Morgan fingerprint density at radius 3 is 1.52 bits per heavy atom. The molecule has 7 heteroatoms. The van der Waals surface area contributed by atoms with Crippen LogP contribution in [0.4, 0.5) is 0 Å². The lowest BCUT2D eigenvalue weighted by Crippen LogP contribution is -2.61. The van der Waals surface area contributed by atoms with Gasteiger partial charge in [-0.2, -0.15) is 0 Å². The maximum absolute atomic E-state index is 12.8. The number of carbonyl (C=O) groups excluding carboxylic acids is 1. The van der Waals surface area contributed by atoms with Crippen LogP contribution < -0.4 is 0 Å². The summed E-state index contributed by atoms with van der Waals surface area (Å²) in [5.74, 6) is -0.445. The second-order valence-corrected chi connectivity index (χ2v) is 10.0. The van der Waals surface area contributed by atoms with Crippen molar-refractivity contribution in [1.82, 2.24) is 0 Å². The Kier molecular flexibility index (Phi) is 10.9. The highest BCUT2D eigenvalue weighted by Gasteiger charge is 2.49. The third-order valence-corrected chi connectivity index (χ3v) is 7.07. The molecule has 5 rings (SSSR count). The monoisotopic (exact) mass is 569 g/mol. The average molecular weight is 570 g/mol. The largest absolute Gasteiger partial charge is 0.459 e. The lowest BCUT2D eigenvalue weighted by molar-refractivity contribution is -0.321. The summed E-state index contributed by atoms with van der Waals surface area (Å²) in [6, 6.07) is 38.6. The Bertz CT molecular complexity index is 1340. The number of benzene rings is 4. The molecule has 1 heterocycles. The number of esters is 1. The minimum atomic E-state index is -0.786. The molecular weight excluding hydrogens is 533 g/mol. The third kappa shape index (κ3) is 8.12. The maximum atomic E-state index is 12.8. The van der Waals surface area contributed by atoms with Crippen LogP contribution >= 0.6 is 0 Å². The van der Waals surface area contributed by atoms with Gasteiger partial charge in [0.2, 0.25) is 0 Å². The number of ether oxygens (including phenoxy) is 6. The van der Waals surface area contributed by atoms with Crippen molar-refractivity contribution in [2.45, 2.75) is 50.5 Å². The van der Waals surface area contributed by atoms with Gasteiger partial charge in [0.1, 0.15) is 31.0 Å². The van der Waals surface area contributed by atoms with Crippen molar-refractivity contribution < 1.29 is 33.2 Å². The van der Waals surface area contributed by atoms with Crippen LogP contribution in [0.3, 0.4) is 0 Å². The van der Waals surface area contributed by atoms with Gasteiger partial charge in [-0.05, 0) is 28.8 Å². The van der Waals surface area contributed by atoms with Gasteiger partial charge < -0.3 is 28.4 Å². The summed E-state index contributed by atoms with van der Waals surface area (Å²) in [4.78, 5) is 12.8. The maximum Gasteiger partial charge on any atom is 0.338 e. The van der Waals surface area contributed by atoms with Crippen LogP contribution in [-0.2, 0) is 48.2 Å². The summed E-state index contributed by atoms with van der Waals surface area (Å²) in [6.07, 6.45) is -3.32. The minimum absolute atomic E-state index is 0.0519. The van der Waals surface area contributed by atoms with Gasteiger partial charge in [0.25, 0.3) is 0 Å². The smallest absolute Gasteiger partial charge is 0.338 e. The summed E-state index contributed by atoms with van der Waals surface area (Å²) in [5.41, 5.74) is 3.47. The molecule has 0 radical (unpaired) electrons. The zero-order valence-electron chi connectivity index (χ0n) is 23.6. The molecule has 0 N–H and O–H groups in total. The van der Waals surface area contributed by atoms with Gasteiger partial charge in [0.05, 0.1) is 25.4 Å². The molecule has 4 aromatic rings. The van der Waals surface area contributed by atoms with E-state index >= 15 is 0 Å². The van der Waals surface area contributed by atoms with Crippen LogP contribution in [0.1, 0.15) is 27.0 Å². The standard InChI is InChI=1S/C35H36O7/c1-37-35-33(40-24-28-18-10-4-11-19-28)32(39-23-27-16-8-3-9-17-27)31(38-22-26-14-6-2-7-15-26)30(42-35)25-41-34(36)29-20-12-5-13-21-29/h2-21,30-33,35H,22-25H2,1H3/t30-,31-,32+,33-,35+/m1/s1/i41+1. The lowest BCUT2D eigenvalue weighted by atomic mass is 9.98. The van der Waals surface area contributed by atoms with E-state index in [1.807, 2.05) is 97.1 Å². The van der Waals surface area contributed by atoms with E-state index in [1.165, 1.54) is 0 Å². The molecule has 7 nitrogen and oxygen atoms in total. The summed E-state index contributed by atoms with van der Waals surface area (Å²) in [5, 5.41) is 0. The van der Waals surface area contributed by atoms with E-state index in [2.05, 4.69) is 0 Å². The van der Waals surface area contributed by atoms with E-state index in [-0.39, 0.29) is 6.61 Å². The summed E-state index contributed by atoms with van der Waals surface area (Å²) in [7, 11) is 1.57. The van der Waals surface area contributed by atoms with Gasteiger partial charge in [-0.3, -0.25) is 0 Å². The van der Waals surface area contributed by atoms with Crippen molar-refractivity contribution in [3.63, 3.8) is 0 Å². The first kappa shape index (κ1) is 29.6. The van der Waals surface area contributed by atoms with Crippen LogP contribution in [0, 0.1) is 0 Å². The van der Waals surface area contributed by atoms with Crippen LogP contribution in [0.15, 0.2) is 121 Å². The van der Waals surface area contributed by atoms with Crippen LogP contribution in [0.5, 0.6) is 0 Å². The molecule has 42 heavy (non-hydrogen) atoms. The fourth-order valence-electron chi connectivity index (χ4n) is 4.89. The number of rotatable bonds is 13. The molecule has 0 spiro atoms. The van der Waals surface area contributed by atoms with E-state index in [0.717, 1.165) is 16.7 Å². The predicted octanol–water partition coefficient (Wildman–Crippen LogP) is 5.97. The normalized spacial score (nSPS) is 22.0. The van der Waals surface area contributed by atoms with E-state index in [4.69, 9.17) is 28.4 Å². The van der Waals surface area contributed by atoms with Gasteiger partial charge in [0.15, 0.2) is 6.29 Å². The van der Waals surface area contributed by atoms with Gasteiger partial charge in [0, 0.05) is 7.11 Å². The quantitative estimate of drug-likeness (QED) is 0.184. The topological polar surface area (TPSA) is 72.5 Å². The fourth-order valence-corrected chi connectivity index (χ4v) is 4.89. The van der Waals surface area contributed by atoms with Crippen LogP contribution in [-0.4, -0.2) is 50.4 Å². The van der Waals surface area contributed by atoms with Gasteiger partial charge >= 0.3 is 5.97 Å². The summed E-state index contributed by atoms with van der Waals surface area (Å²) in [6.45, 7) is 0.920. The lowest BCUT2D eigenvalue weighted by Gasteiger charge is -2.45. The van der Waals surface area contributed by atoms with Crippen molar-refractivity contribution >= 4 is 5.97 Å². The average Bonchev–Trinajstić information content (AvgIpc) is 3.06. The molecule has 1 fully saturated rings. The Morgan fingerprint density at radius 1 is 0.619 bits per heavy atom.